The Hall–Kier alpha value is -2.17. The van der Waals surface area contributed by atoms with Crippen LogP contribution in [0.25, 0.3) is 0 Å². The zero-order valence-corrected chi connectivity index (χ0v) is 13.4. The molecule has 0 saturated heterocycles. The summed E-state index contributed by atoms with van der Waals surface area (Å²) in [6.45, 7) is 1.14. The SMILES string of the molecule is CC(=O)OC1(c2cc(Cl)cc(Cl)c2)C(=O)c2ccccc2C1=O. The second-order valence-corrected chi connectivity index (χ2v) is 6.01. The molecule has 0 unspecified atom stereocenters. The van der Waals surface area contributed by atoms with Gasteiger partial charge in [0.15, 0.2) is 0 Å². The molecule has 0 N–H and O–H groups in total. The van der Waals surface area contributed by atoms with Crippen molar-refractivity contribution in [2.75, 3.05) is 0 Å². The summed E-state index contributed by atoms with van der Waals surface area (Å²) in [5.41, 5.74) is -1.54. The lowest BCUT2D eigenvalue weighted by atomic mass is 9.88. The molecule has 6 heteroatoms. The maximum atomic E-state index is 12.9. The van der Waals surface area contributed by atoms with Crippen LogP contribution in [0.5, 0.6) is 0 Å². The molecule has 0 fully saturated rings. The van der Waals surface area contributed by atoms with Crippen molar-refractivity contribution in [3.05, 3.63) is 69.2 Å². The summed E-state index contributed by atoms with van der Waals surface area (Å²) in [7, 11) is 0. The molecule has 0 heterocycles. The van der Waals surface area contributed by atoms with Crippen LogP contribution >= 0.6 is 23.2 Å². The van der Waals surface area contributed by atoms with E-state index in [1.54, 1.807) is 12.1 Å². The van der Waals surface area contributed by atoms with E-state index in [-0.39, 0.29) is 26.7 Å². The highest BCUT2D eigenvalue weighted by atomic mass is 35.5. The van der Waals surface area contributed by atoms with Crippen molar-refractivity contribution >= 4 is 40.7 Å². The summed E-state index contributed by atoms with van der Waals surface area (Å²) in [6, 6.07) is 10.6. The normalized spacial score (nSPS) is 15.4. The molecule has 0 spiro atoms. The number of ketones is 2. The molecule has 23 heavy (non-hydrogen) atoms. The number of hydrogen-bond acceptors (Lipinski definition) is 4. The Labute approximate surface area is 142 Å². The number of halogens is 2. The average molecular weight is 349 g/mol. The van der Waals surface area contributed by atoms with Gasteiger partial charge in [-0.1, -0.05) is 47.5 Å². The van der Waals surface area contributed by atoms with Crippen molar-refractivity contribution in [1.29, 1.82) is 0 Å². The second kappa shape index (κ2) is 5.48. The lowest BCUT2D eigenvalue weighted by Crippen LogP contribution is -2.42. The van der Waals surface area contributed by atoms with E-state index in [0.29, 0.717) is 0 Å². The predicted octanol–water partition coefficient (Wildman–Crippen LogP) is 3.83. The van der Waals surface area contributed by atoms with Gasteiger partial charge in [0.2, 0.25) is 11.6 Å². The van der Waals surface area contributed by atoms with E-state index in [1.165, 1.54) is 30.3 Å². The molecule has 1 aliphatic carbocycles. The molecule has 0 atom stereocenters. The van der Waals surface area contributed by atoms with Gasteiger partial charge >= 0.3 is 5.97 Å². The zero-order chi connectivity index (χ0) is 16.8. The Balaban J connectivity index is 2.30. The van der Waals surface area contributed by atoms with Crippen LogP contribution in [0.4, 0.5) is 0 Å². The topological polar surface area (TPSA) is 60.4 Å². The van der Waals surface area contributed by atoms with Crippen LogP contribution in [0.15, 0.2) is 42.5 Å². The van der Waals surface area contributed by atoms with E-state index in [4.69, 9.17) is 27.9 Å². The Morgan fingerprint density at radius 1 is 0.957 bits per heavy atom. The molecule has 0 amide bonds. The number of benzene rings is 2. The molecule has 2 aromatic rings. The lowest BCUT2D eigenvalue weighted by molar-refractivity contribution is -0.149. The summed E-state index contributed by atoms with van der Waals surface area (Å²) in [6.07, 6.45) is 0. The van der Waals surface area contributed by atoms with Gasteiger partial charge in [-0.25, -0.2) is 0 Å². The van der Waals surface area contributed by atoms with Crippen molar-refractivity contribution in [3.8, 4) is 0 Å². The number of carbonyl (C=O) groups excluding carboxylic acids is 3. The second-order valence-electron chi connectivity index (χ2n) is 5.14. The first-order chi connectivity index (χ1) is 10.9. The van der Waals surface area contributed by atoms with Gasteiger partial charge in [-0.15, -0.1) is 0 Å². The van der Waals surface area contributed by atoms with Crippen molar-refractivity contribution in [2.45, 2.75) is 12.5 Å². The van der Waals surface area contributed by atoms with Crippen molar-refractivity contribution in [3.63, 3.8) is 0 Å². The van der Waals surface area contributed by atoms with E-state index >= 15 is 0 Å². The fourth-order valence-corrected chi connectivity index (χ4v) is 3.27. The fourth-order valence-electron chi connectivity index (χ4n) is 2.75. The first-order valence-electron chi connectivity index (χ1n) is 6.71. The number of fused-ring (bicyclic) bond motifs is 1. The molecule has 0 bridgehead atoms. The number of Topliss-reactive ketones (excluding diaryl/α,β-unsaturated/α-hetero) is 2. The minimum Gasteiger partial charge on any atom is -0.437 e. The van der Waals surface area contributed by atoms with Gasteiger partial charge in [-0.05, 0) is 18.2 Å². The van der Waals surface area contributed by atoms with E-state index in [2.05, 4.69) is 0 Å². The van der Waals surface area contributed by atoms with Crippen LogP contribution in [0.3, 0.4) is 0 Å². The number of ether oxygens (including phenoxy) is 1. The number of hydrogen-bond donors (Lipinski definition) is 0. The Morgan fingerprint density at radius 2 is 1.43 bits per heavy atom. The van der Waals surface area contributed by atoms with E-state index < -0.39 is 23.1 Å². The molecule has 1 aliphatic rings. The van der Waals surface area contributed by atoms with Crippen LogP contribution in [-0.2, 0) is 15.1 Å². The molecular weight excluding hydrogens is 339 g/mol. The maximum absolute atomic E-state index is 12.9. The molecule has 4 nitrogen and oxygen atoms in total. The summed E-state index contributed by atoms with van der Waals surface area (Å²) in [5, 5.41) is 0.464. The van der Waals surface area contributed by atoms with Crippen LogP contribution in [-0.4, -0.2) is 17.5 Å². The van der Waals surface area contributed by atoms with Gasteiger partial charge in [0.05, 0.1) is 0 Å². The van der Waals surface area contributed by atoms with Gasteiger partial charge in [0, 0.05) is 33.7 Å². The van der Waals surface area contributed by atoms with Crippen molar-refractivity contribution < 1.29 is 19.1 Å². The van der Waals surface area contributed by atoms with Gasteiger partial charge in [0.25, 0.3) is 5.60 Å². The zero-order valence-electron chi connectivity index (χ0n) is 11.9. The summed E-state index contributed by atoms with van der Waals surface area (Å²) in [5.74, 6) is -1.96. The minimum absolute atomic E-state index is 0.136. The molecule has 116 valence electrons. The maximum Gasteiger partial charge on any atom is 0.304 e. The van der Waals surface area contributed by atoms with Gasteiger partial charge in [-0.3, -0.25) is 14.4 Å². The molecule has 3 rings (SSSR count). The fraction of sp³-hybridized carbons (Fsp3) is 0.118. The molecule has 0 aliphatic heterocycles. The summed E-state index contributed by atoms with van der Waals surface area (Å²) >= 11 is 12.0. The van der Waals surface area contributed by atoms with E-state index in [9.17, 15) is 14.4 Å². The third-order valence-corrected chi connectivity index (χ3v) is 4.06. The Morgan fingerprint density at radius 3 is 1.87 bits per heavy atom. The highest BCUT2D eigenvalue weighted by Crippen LogP contribution is 2.42. The molecule has 0 saturated carbocycles. The third-order valence-electron chi connectivity index (χ3n) is 3.62. The van der Waals surface area contributed by atoms with E-state index in [1.807, 2.05) is 0 Å². The Bertz CT molecular complexity index is 802. The van der Waals surface area contributed by atoms with Gasteiger partial charge < -0.3 is 4.74 Å². The van der Waals surface area contributed by atoms with Crippen LogP contribution in [0.1, 0.15) is 33.2 Å². The lowest BCUT2D eigenvalue weighted by Gasteiger charge is -2.26. The minimum atomic E-state index is -2.08. The van der Waals surface area contributed by atoms with Crippen LogP contribution in [0, 0.1) is 0 Å². The number of rotatable bonds is 2. The highest BCUT2D eigenvalue weighted by molar-refractivity contribution is 6.36. The summed E-state index contributed by atoms with van der Waals surface area (Å²) in [4.78, 5) is 37.4. The largest absolute Gasteiger partial charge is 0.437 e. The third kappa shape index (κ3) is 2.35. The monoisotopic (exact) mass is 348 g/mol. The van der Waals surface area contributed by atoms with Crippen molar-refractivity contribution in [1.82, 2.24) is 0 Å². The quantitative estimate of drug-likeness (QED) is 0.611. The van der Waals surface area contributed by atoms with Crippen LogP contribution < -0.4 is 0 Å². The number of carbonyl (C=O) groups is 3. The molecule has 0 radical (unpaired) electrons. The van der Waals surface area contributed by atoms with E-state index in [0.717, 1.165) is 6.92 Å². The molecule has 0 aromatic heterocycles. The first kappa shape index (κ1) is 15.7. The van der Waals surface area contributed by atoms with Gasteiger partial charge in [-0.2, -0.15) is 0 Å². The summed E-state index contributed by atoms with van der Waals surface area (Å²) < 4.78 is 5.25. The van der Waals surface area contributed by atoms with Crippen molar-refractivity contribution in [2.24, 2.45) is 0 Å². The average Bonchev–Trinajstić information content (AvgIpc) is 2.69. The molecule has 2 aromatic carbocycles. The Kier molecular flexibility index (Phi) is 3.74. The highest BCUT2D eigenvalue weighted by Gasteiger charge is 2.57. The predicted molar refractivity (Wildman–Crippen MR) is 85.0 cm³/mol. The smallest absolute Gasteiger partial charge is 0.304 e. The first-order valence-corrected chi connectivity index (χ1v) is 7.46. The van der Waals surface area contributed by atoms with Gasteiger partial charge in [0.1, 0.15) is 0 Å². The standard InChI is InChI=1S/C17H10Cl2O4/c1-9(20)23-17(10-6-11(18)8-12(19)7-10)15(21)13-4-2-3-5-14(13)16(17)22/h2-8H,1H3. The number of esters is 1. The van der Waals surface area contributed by atoms with Crippen LogP contribution in [0.2, 0.25) is 10.0 Å². The molecular formula is C17H10Cl2O4.